The molecule has 0 aromatic heterocycles. The second-order valence-corrected chi connectivity index (χ2v) is 6.55. The van der Waals surface area contributed by atoms with Crippen molar-refractivity contribution in [3.63, 3.8) is 0 Å². The highest BCUT2D eigenvalue weighted by atomic mass is 19.3. The van der Waals surface area contributed by atoms with Gasteiger partial charge in [0.15, 0.2) is 6.10 Å². The molecular formula is C13H18F2O3. The number of alkyl halides is 2. The third-order valence-corrected chi connectivity index (χ3v) is 5.16. The first kappa shape index (κ1) is 12.5. The lowest BCUT2D eigenvalue weighted by atomic mass is 9.47. The average Bonchev–Trinajstić information content (AvgIpc) is 2.23. The molecule has 1 N–H and O–H groups in total. The SMILES string of the molecule is CC(F)(F)C(OO)C12CC3CC(C1)C(=O)C(C3)C2. The van der Waals surface area contributed by atoms with Crippen LogP contribution in [0.3, 0.4) is 0 Å². The Morgan fingerprint density at radius 1 is 1.33 bits per heavy atom. The van der Waals surface area contributed by atoms with Crippen LogP contribution >= 0.6 is 0 Å². The van der Waals surface area contributed by atoms with Crippen LogP contribution in [-0.4, -0.2) is 23.1 Å². The molecular weight excluding hydrogens is 242 g/mol. The van der Waals surface area contributed by atoms with Crippen molar-refractivity contribution in [2.24, 2.45) is 23.2 Å². The Morgan fingerprint density at radius 3 is 2.33 bits per heavy atom. The van der Waals surface area contributed by atoms with E-state index in [9.17, 15) is 13.6 Å². The molecule has 4 rings (SSSR count). The van der Waals surface area contributed by atoms with E-state index >= 15 is 0 Å². The summed E-state index contributed by atoms with van der Waals surface area (Å²) in [5, 5.41) is 8.92. The standard InChI is InChI=1S/C13H18F2O3/c1-12(14,15)11(18-17)13-4-7-2-8(5-13)10(16)9(3-7)6-13/h7-9,11,17H,2-6H2,1H3. The fourth-order valence-corrected chi connectivity index (χ4v) is 4.87. The fraction of sp³-hybridized carbons (Fsp3) is 0.923. The molecule has 0 aliphatic heterocycles. The van der Waals surface area contributed by atoms with Gasteiger partial charge >= 0.3 is 0 Å². The van der Waals surface area contributed by atoms with Crippen molar-refractivity contribution in [2.45, 2.75) is 51.1 Å². The Balaban J connectivity index is 1.94. The van der Waals surface area contributed by atoms with Crippen LogP contribution in [0.5, 0.6) is 0 Å². The van der Waals surface area contributed by atoms with Gasteiger partial charge in [-0.25, -0.2) is 13.7 Å². The van der Waals surface area contributed by atoms with Gasteiger partial charge in [0.1, 0.15) is 5.78 Å². The Kier molecular flexibility index (Phi) is 2.59. The number of carbonyl (C=O) groups excluding carboxylic acids is 1. The summed E-state index contributed by atoms with van der Waals surface area (Å²) < 4.78 is 27.2. The van der Waals surface area contributed by atoms with Crippen LogP contribution in [0.4, 0.5) is 8.78 Å². The topological polar surface area (TPSA) is 46.5 Å². The van der Waals surface area contributed by atoms with E-state index in [0.717, 1.165) is 19.8 Å². The molecule has 18 heavy (non-hydrogen) atoms. The second kappa shape index (κ2) is 3.73. The predicted molar refractivity (Wildman–Crippen MR) is 59.1 cm³/mol. The lowest BCUT2D eigenvalue weighted by molar-refractivity contribution is -0.359. The molecule has 0 saturated heterocycles. The Morgan fingerprint density at radius 2 is 1.89 bits per heavy atom. The fourth-order valence-electron chi connectivity index (χ4n) is 4.87. The van der Waals surface area contributed by atoms with Crippen LogP contribution < -0.4 is 0 Å². The van der Waals surface area contributed by atoms with Gasteiger partial charge in [0.2, 0.25) is 0 Å². The predicted octanol–water partition coefficient (Wildman–Crippen LogP) is 2.90. The van der Waals surface area contributed by atoms with E-state index in [0.29, 0.717) is 25.2 Å². The number of hydrogen-bond acceptors (Lipinski definition) is 3. The third-order valence-electron chi connectivity index (χ3n) is 5.16. The first-order valence-electron chi connectivity index (χ1n) is 6.57. The molecule has 5 heteroatoms. The number of Topliss-reactive ketones (excluding diaryl/α,β-unsaturated/α-hetero) is 1. The van der Waals surface area contributed by atoms with Crippen molar-refractivity contribution in [3.8, 4) is 0 Å². The van der Waals surface area contributed by atoms with E-state index in [1.807, 2.05) is 0 Å². The summed E-state index contributed by atoms with van der Waals surface area (Å²) in [6.07, 6.45) is 1.75. The largest absolute Gasteiger partial charge is 0.299 e. The zero-order chi connectivity index (χ0) is 13.1. The van der Waals surface area contributed by atoms with Gasteiger partial charge in [0, 0.05) is 24.2 Å². The van der Waals surface area contributed by atoms with E-state index in [4.69, 9.17) is 5.26 Å². The molecule has 4 fully saturated rings. The van der Waals surface area contributed by atoms with Crippen molar-refractivity contribution >= 4 is 5.78 Å². The van der Waals surface area contributed by atoms with Crippen LogP contribution in [0, 0.1) is 23.2 Å². The molecule has 0 heterocycles. The first-order valence-corrected chi connectivity index (χ1v) is 6.57. The maximum atomic E-state index is 13.6. The van der Waals surface area contributed by atoms with Gasteiger partial charge in [0.25, 0.3) is 5.92 Å². The first-order chi connectivity index (χ1) is 8.36. The number of halogens is 2. The molecule has 0 aromatic carbocycles. The number of carbonyl (C=O) groups is 1. The summed E-state index contributed by atoms with van der Waals surface area (Å²) in [5.41, 5.74) is -0.711. The van der Waals surface area contributed by atoms with E-state index < -0.39 is 17.4 Å². The van der Waals surface area contributed by atoms with E-state index in [2.05, 4.69) is 4.89 Å². The Hall–Kier alpha value is -0.550. The van der Waals surface area contributed by atoms with Gasteiger partial charge in [-0.2, -0.15) is 0 Å². The normalized spacial score (nSPS) is 44.4. The van der Waals surface area contributed by atoms with Crippen molar-refractivity contribution in [1.82, 2.24) is 0 Å². The number of hydrogen-bond donors (Lipinski definition) is 1. The van der Waals surface area contributed by atoms with Gasteiger partial charge in [-0.05, 0) is 38.0 Å². The lowest BCUT2D eigenvalue weighted by Gasteiger charge is -2.58. The maximum absolute atomic E-state index is 13.6. The molecule has 0 amide bonds. The Labute approximate surface area is 104 Å². The van der Waals surface area contributed by atoms with E-state index in [1.54, 1.807) is 0 Å². The number of ketones is 1. The van der Waals surface area contributed by atoms with Gasteiger partial charge in [-0.1, -0.05) is 0 Å². The van der Waals surface area contributed by atoms with Crippen molar-refractivity contribution < 1.29 is 23.7 Å². The third kappa shape index (κ3) is 1.63. The molecule has 3 atom stereocenters. The van der Waals surface area contributed by atoms with Crippen LogP contribution in [0.1, 0.15) is 39.0 Å². The number of rotatable bonds is 3. The summed E-state index contributed by atoms with van der Waals surface area (Å²) in [6, 6.07) is 0. The molecule has 0 aromatic rings. The quantitative estimate of drug-likeness (QED) is 0.627. The van der Waals surface area contributed by atoms with E-state index in [-0.39, 0.29) is 17.6 Å². The van der Waals surface area contributed by atoms with Gasteiger partial charge in [-0.3, -0.25) is 10.1 Å². The van der Waals surface area contributed by atoms with Gasteiger partial charge < -0.3 is 0 Å². The minimum Gasteiger partial charge on any atom is -0.299 e. The zero-order valence-electron chi connectivity index (χ0n) is 10.4. The molecule has 4 bridgehead atoms. The molecule has 3 nitrogen and oxygen atoms in total. The summed E-state index contributed by atoms with van der Waals surface area (Å²) in [6.45, 7) is 0.786. The molecule has 4 saturated carbocycles. The van der Waals surface area contributed by atoms with Crippen molar-refractivity contribution in [2.75, 3.05) is 0 Å². The van der Waals surface area contributed by atoms with Crippen LogP contribution in [0.25, 0.3) is 0 Å². The molecule has 3 unspecified atom stereocenters. The lowest BCUT2D eigenvalue weighted by Crippen LogP contribution is -2.59. The molecule has 4 aliphatic rings. The van der Waals surface area contributed by atoms with E-state index in [1.165, 1.54) is 0 Å². The molecule has 0 spiro atoms. The highest BCUT2D eigenvalue weighted by Crippen LogP contribution is 2.61. The molecule has 102 valence electrons. The van der Waals surface area contributed by atoms with Crippen molar-refractivity contribution in [3.05, 3.63) is 0 Å². The zero-order valence-corrected chi connectivity index (χ0v) is 10.4. The summed E-state index contributed by atoms with van der Waals surface area (Å²) in [5.74, 6) is -2.66. The molecule has 4 aliphatic carbocycles. The van der Waals surface area contributed by atoms with Gasteiger partial charge in [-0.15, -0.1) is 0 Å². The maximum Gasteiger partial charge on any atom is 0.274 e. The average molecular weight is 260 g/mol. The highest BCUT2D eigenvalue weighted by molar-refractivity contribution is 5.85. The Bertz CT molecular complexity index is 359. The van der Waals surface area contributed by atoms with Crippen LogP contribution in [0.15, 0.2) is 0 Å². The summed E-state index contributed by atoms with van der Waals surface area (Å²) in [4.78, 5) is 16.2. The van der Waals surface area contributed by atoms with Crippen LogP contribution in [-0.2, 0) is 9.68 Å². The smallest absolute Gasteiger partial charge is 0.274 e. The summed E-state index contributed by atoms with van der Waals surface area (Å²) >= 11 is 0. The molecule has 0 radical (unpaired) electrons. The van der Waals surface area contributed by atoms with Crippen molar-refractivity contribution in [1.29, 1.82) is 0 Å². The second-order valence-electron chi connectivity index (χ2n) is 6.55. The monoisotopic (exact) mass is 260 g/mol. The minimum atomic E-state index is -3.08. The van der Waals surface area contributed by atoms with Gasteiger partial charge in [0.05, 0.1) is 0 Å². The summed E-state index contributed by atoms with van der Waals surface area (Å²) in [7, 11) is 0. The van der Waals surface area contributed by atoms with Crippen LogP contribution in [0.2, 0.25) is 0 Å². The highest BCUT2D eigenvalue weighted by Gasteiger charge is 2.62. The minimum absolute atomic E-state index is 0.0868.